The number of rotatable bonds is 3. The molecule has 0 spiro atoms. The Hall–Kier alpha value is -2.22. The lowest BCUT2D eigenvalue weighted by atomic mass is 9.86. The number of fused-ring (bicyclic) bond motifs is 2. The standard InChI is InChI=1S/C17H16F4N4/c18-14-2-1-5-22-15(14)10-24-8-12-6-13(9-24)25(12)11-3-4-16(23-7-11)17(19,20)21/h1-5,7,12-13H,6,8-10H2. The van der Waals surface area contributed by atoms with Crippen LogP contribution in [0.5, 0.6) is 0 Å². The molecule has 132 valence electrons. The molecule has 3 saturated heterocycles. The van der Waals surface area contributed by atoms with Gasteiger partial charge in [-0.25, -0.2) is 9.37 Å². The summed E-state index contributed by atoms with van der Waals surface area (Å²) in [6.07, 6.45) is -0.575. The van der Waals surface area contributed by atoms with Crippen molar-refractivity contribution in [1.29, 1.82) is 0 Å². The Morgan fingerprint density at radius 2 is 1.84 bits per heavy atom. The van der Waals surface area contributed by atoms with Gasteiger partial charge in [-0.1, -0.05) is 0 Å². The Labute approximate surface area is 142 Å². The van der Waals surface area contributed by atoms with Crippen LogP contribution < -0.4 is 4.90 Å². The second-order valence-corrected chi connectivity index (χ2v) is 6.48. The zero-order valence-electron chi connectivity index (χ0n) is 13.2. The molecule has 5 heterocycles. The fraction of sp³-hybridized carbons (Fsp3) is 0.412. The van der Waals surface area contributed by atoms with Gasteiger partial charge in [0.2, 0.25) is 0 Å². The molecule has 2 aromatic heterocycles. The Morgan fingerprint density at radius 1 is 1.08 bits per heavy atom. The normalized spacial score (nSPS) is 23.4. The third-order valence-corrected chi connectivity index (χ3v) is 4.81. The van der Waals surface area contributed by atoms with Crippen LogP contribution in [0.25, 0.3) is 0 Å². The highest BCUT2D eigenvalue weighted by Gasteiger charge is 2.45. The molecular formula is C17H16F4N4. The summed E-state index contributed by atoms with van der Waals surface area (Å²) in [6, 6.07) is 5.88. The summed E-state index contributed by atoms with van der Waals surface area (Å²) in [7, 11) is 0. The summed E-state index contributed by atoms with van der Waals surface area (Å²) >= 11 is 0. The molecule has 8 heteroatoms. The van der Waals surface area contributed by atoms with Crippen LogP contribution in [0.2, 0.25) is 0 Å². The van der Waals surface area contributed by atoms with Gasteiger partial charge in [-0.05, 0) is 30.7 Å². The number of hydrogen-bond donors (Lipinski definition) is 0. The maximum Gasteiger partial charge on any atom is 0.433 e. The molecule has 4 nitrogen and oxygen atoms in total. The van der Waals surface area contributed by atoms with Gasteiger partial charge in [0.1, 0.15) is 11.5 Å². The number of piperazine rings is 1. The second kappa shape index (κ2) is 5.94. The Bertz CT molecular complexity index is 750. The van der Waals surface area contributed by atoms with Gasteiger partial charge >= 0.3 is 6.18 Å². The highest BCUT2D eigenvalue weighted by Crippen LogP contribution is 2.38. The van der Waals surface area contributed by atoms with Crippen LogP contribution in [-0.2, 0) is 12.7 Å². The first-order valence-electron chi connectivity index (χ1n) is 8.05. The van der Waals surface area contributed by atoms with Gasteiger partial charge in [-0.3, -0.25) is 9.88 Å². The quantitative estimate of drug-likeness (QED) is 0.795. The lowest BCUT2D eigenvalue weighted by molar-refractivity contribution is -0.141. The van der Waals surface area contributed by atoms with Crippen molar-refractivity contribution in [2.45, 2.75) is 31.2 Å². The fourth-order valence-electron chi connectivity index (χ4n) is 3.70. The maximum atomic E-state index is 13.7. The van der Waals surface area contributed by atoms with E-state index in [-0.39, 0.29) is 17.9 Å². The number of piperidine rings is 1. The molecule has 0 aromatic carbocycles. The Morgan fingerprint density at radius 3 is 2.44 bits per heavy atom. The average Bonchev–Trinajstić information content (AvgIpc) is 2.57. The first kappa shape index (κ1) is 16.3. The molecule has 3 aliphatic rings. The molecule has 0 amide bonds. The van der Waals surface area contributed by atoms with Crippen LogP contribution in [-0.4, -0.2) is 40.0 Å². The lowest BCUT2D eigenvalue weighted by Crippen LogP contribution is -2.68. The highest BCUT2D eigenvalue weighted by molar-refractivity contribution is 5.51. The van der Waals surface area contributed by atoms with Crippen LogP contribution in [0, 0.1) is 5.82 Å². The van der Waals surface area contributed by atoms with Crippen molar-refractivity contribution in [3.8, 4) is 0 Å². The molecule has 3 aliphatic heterocycles. The zero-order chi connectivity index (χ0) is 17.6. The molecule has 2 bridgehead atoms. The molecule has 25 heavy (non-hydrogen) atoms. The van der Waals surface area contributed by atoms with E-state index >= 15 is 0 Å². The van der Waals surface area contributed by atoms with E-state index in [1.54, 1.807) is 12.3 Å². The molecule has 0 N–H and O–H groups in total. The van der Waals surface area contributed by atoms with E-state index in [9.17, 15) is 17.6 Å². The summed E-state index contributed by atoms with van der Waals surface area (Å²) in [6.45, 7) is 1.90. The first-order chi connectivity index (χ1) is 11.9. The third kappa shape index (κ3) is 3.06. The molecule has 5 rings (SSSR count). The summed E-state index contributed by atoms with van der Waals surface area (Å²) in [4.78, 5) is 11.9. The predicted octanol–water partition coefficient (Wildman–Crippen LogP) is 3.10. The number of nitrogens with zero attached hydrogens (tertiary/aromatic N) is 4. The van der Waals surface area contributed by atoms with E-state index < -0.39 is 11.9 Å². The number of pyridine rings is 2. The van der Waals surface area contributed by atoms with Gasteiger partial charge in [0, 0.05) is 37.9 Å². The predicted molar refractivity (Wildman–Crippen MR) is 83.4 cm³/mol. The van der Waals surface area contributed by atoms with Crippen LogP contribution in [0.1, 0.15) is 17.8 Å². The van der Waals surface area contributed by atoms with E-state index in [1.165, 1.54) is 18.3 Å². The number of aromatic nitrogens is 2. The van der Waals surface area contributed by atoms with E-state index in [1.807, 2.05) is 0 Å². The minimum atomic E-state index is -4.42. The van der Waals surface area contributed by atoms with Crippen molar-refractivity contribution >= 4 is 5.69 Å². The largest absolute Gasteiger partial charge is 0.433 e. The average molecular weight is 352 g/mol. The SMILES string of the molecule is Fc1cccnc1CN1CC2CC(C1)N2c1ccc(C(F)(F)F)nc1. The van der Waals surface area contributed by atoms with E-state index in [2.05, 4.69) is 19.8 Å². The van der Waals surface area contributed by atoms with Crippen LogP contribution >= 0.6 is 0 Å². The third-order valence-electron chi connectivity index (χ3n) is 4.81. The molecule has 2 unspecified atom stereocenters. The number of alkyl halides is 3. The Balaban J connectivity index is 1.43. The smallest absolute Gasteiger partial charge is 0.362 e. The van der Waals surface area contributed by atoms with E-state index in [0.717, 1.165) is 25.6 Å². The molecule has 2 atom stereocenters. The van der Waals surface area contributed by atoms with E-state index in [4.69, 9.17) is 0 Å². The number of halogens is 4. The molecule has 3 fully saturated rings. The van der Waals surface area contributed by atoms with Gasteiger partial charge in [-0.15, -0.1) is 0 Å². The minimum absolute atomic E-state index is 0.212. The van der Waals surface area contributed by atoms with Crippen molar-refractivity contribution in [2.24, 2.45) is 0 Å². The van der Waals surface area contributed by atoms with Gasteiger partial charge in [0.25, 0.3) is 0 Å². The summed E-state index contributed by atoms with van der Waals surface area (Å²) in [5.74, 6) is -0.314. The summed E-state index contributed by atoms with van der Waals surface area (Å²) < 4.78 is 51.6. The van der Waals surface area contributed by atoms with Gasteiger partial charge in [0.15, 0.2) is 0 Å². The van der Waals surface area contributed by atoms with Crippen molar-refractivity contribution < 1.29 is 17.6 Å². The van der Waals surface area contributed by atoms with Crippen molar-refractivity contribution in [2.75, 3.05) is 18.0 Å². The fourth-order valence-corrected chi connectivity index (χ4v) is 3.70. The highest BCUT2D eigenvalue weighted by atomic mass is 19.4. The topological polar surface area (TPSA) is 32.3 Å². The van der Waals surface area contributed by atoms with Gasteiger partial charge in [-0.2, -0.15) is 13.2 Å². The lowest BCUT2D eigenvalue weighted by Gasteiger charge is -2.57. The number of hydrogen-bond acceptors (Lipinski definition) is 4. The number of anilines is 1. The van der Waals surface area contributed by atoms with Crippen molar-refractivity contribution in [3.05, 3.63) is 53.9 Å². The van der Waals surface area contributed by atoms with Crippen LogP contribution in [0.3, 0.4) is 0 Å². The molecule has 0 radical (unpaired) electrons. The molecule has 0 saturated carbocycles. The maximum absolute atomic E-state index is 13.7. The monoisotopic (exact) mass is 352 g/mol. The van der Waals surface area contributed by atoms with Gasteiger partial charge in [0.05, 0.1) is 17.6 Å². The van der Waals surface area contributed by atoms with Crippen LogP contribution in [0.4, 0.5) is 23.2 Å². The molecular weight excluding hydrogens is 336 g/mol. The summed E-state index contributed by atoms with van der Waals surface area (Å²) in [5, 5.41) is 0. The first-order valence-corrected chi connectivity index (χ1v) is 8.05. The van der Waals surface area contributed by atoms with Gasteiger partial charge < -0.3 is 4.90 Å². The minimum Gasteiger partial charge on any atom is -0.362 e. The Kier molecular flexibility index (Phi) is 3.87. The van der Waals surface area contributed by atoms with E-state index in [0.29, 0.717) is 17.9 Å². The molecule has 2 aromatic rings. The second-order valence-electron chi connectivity index (χ2n) is 6.48. The van der Waals surface area contributed by atoms with Crippen molar-refractivity contribution in [1.82, 2.24) is 14.9 Å². The zero-order valence-corrected chi connectivity index (χ0v) is 13.2. The molecule has 0 aliphatic carbocycles. The summed E-state index contributed by atoms with van der Waals surface area (Å²) in [5.41, 5.74) is 0.249. The van der Waals surface area contributed by atoms with Crippen molar-refractivity contribution in [3.63, 3.8) is 0 Å². The van der Waals surface area contributed by atoms with Crippen LogP contribution in [0.15, 0.2) is 36.7 Å².